The second kappa shape index (κ2) is 4.43. The van der Waals surface area contributed by atoms with Crippen molar-refractivity contribution in [3.8, 4) is 6.07 Å². The molecule has 1 N–H and O–H groups in total. The van der Waals surface area contributed by atoms with Crippen molar-refractivity contribution in [3.63, 3.8) is 0 Å². The first-order valence-electron chi connectivity index (χ1n) is 3.96. The number of rotatable bonds is 3. The largest absolute Gasteiger partial charge is 0.395 e. The lowest BCUT2D eigenvalue weighted by molar-refractivity contribution is 0.304. The highest BCUT2D eigenvalue weighted by Crippen LogP contribution is 2.11. The zero-order valence-corrected chi connectivity index (χ0v) is 7.44. The average Bonchev–Trinajstić information content (AvgIpc) is 2.18. The third kappa shape index (κ3) is 2.42. The number of hydrogen-bond acceptors (Lipinski definition) is 4. The molecule has 0 amide bonds. The molecule has 0 aliphatic carbocycles. The number of hydrogen-bond donors (Lipinski definition) is 1. The van der Waals surface area contributed by atoms with Crippen LogP contribution in [0.25, 0.3) is 0 Å². The molecule has 1 aromatic rings. The minimum Gasteiger partial charge on any atom is -0.395 e. The Morgan fingerprint density at radius 1 is 1.69 bits per heavy atom. The Morgan fingerprint density at radius 3 is 3.08 bits per heavy atom. The first kappa shape index (κ1) is 9.49. The Hall–Kier alpha value is -1.60. The van der Waals surface area contributed by atoms with Crippen molar-refractivity contribution >= 4 is 5.69 Å². The van der Waals surface area contributed by atoms with E-state index in [9.17, 15) is 0 Å². The van der Waals surface area contributed by atoms with Gasteiger partial charge in [-0.05, 0) is 12.1 Å². The predicted molar refractivity (Wildman–Crippen MR) is 49.3 cm³/mol. The van der Waals surface area contributed by atoms with E-state index < -0.39 is 0 Å². The second-order valence-electron chi connectivity index (χ2n) is 2.66. The van der Waals surface area contributed by atoms with Crippen LogP contribution in [0.1, 0.15) is 5.69 Å². The fourth-order valence-electron chi connectivity index (χ4n) is 0.997. The molecule has 0 unspecified atom stereocenters. The molecule has 0 aliphatic rings. The van der Waals surface area contributed by atoms with Gasteiger partial charge in [-0.3, -0.25) is 0 Å². The SMILES string of the molecule is CN(CCO)c1ccnc(C#N)c1. The maximum atomic E-state index is 8.70. The minimum atomic E-state index is 0.0979. The van der Waals surface area contributed by atoms with Crippen LogP contribution in [0.4, 0.5) is 5.69 Å². The monoisotopic (exact) mass is 177 g/mol. The van der Waals surface area contributed by atoms with Gasteiger partial charge in [0.2, 0.25) is 0 Å². The molecule has 0 aromatic carbocycles. The highest BCUT2D eigenvalue weighted by Gasteiger charge is 2.00. The van der Waals surface area contributed by atoms with E-state index >= 15 is 0 Å². The lowest BCUT2D eigenvalue weighted by atomic mass is 10.3. The lowest BCUT2D eigenvalue weighted by Crippen LogP contribution is -2.21. The second-order valence-corrected chi connectivity index (χ2v) is 2.66. The first-order chi connectivity index (χ1) is 6.27. The summed E-state index contributed by atoms with van der Waals surface area (Å²) >= 11 is 0. The van der Waals surface area contributed by atoms with Gasteiger partial charge < -0.3 is 10.0 Å². The molecular weight excluding hydrogens is 166 g/mol. The molecule has 0 aliphatic heterocycles. The van der Waals surface area contributed by atoms with E-state index in [4.69, 9.17) is 10.4 Å². The average molecular weight is 177 g/mol. The Morgan fingerprint density at radius 2 is 2.46 bits per heavy atom. The normalized spacial score (nSPS) is 9.31. The number of pyridine rings is 1. The van der Waals surface area contributed by atoms with Gasteiger partial charge in [0.15, 0.2) is 0 Å². The van der Waals surface area contributed by atoms with E-state index in [0.717, 1.165) is 5.69 Å². The highest BCUT2D eigenvalue weighted by molar-refractivity contribution is 5.47. The van der Waals surface area contributed by atoms with Crippen molar-refractivity contribution in [3.05, 3.63) is 24.0 Å². The van der Waals surface area contributed by atoms with Gasteiger partial charge in [0.1, 0.15) is 11.8 Å². The molecule has 4 nitrogen and oxygen atoms in total. The van der Waals surface area contributed by atoms with Crippen LogP contribution in [-0.2, 0) is 0 Å². The van der Waals surface area contributed by atoms with E-state index in [2.05, 4.69) is 4.98 Å². The standard InChI is InChI=1S/C9H11N3O/c1-12(4-5-13)9-2-3-11-8(6-9)7-10/h2-3,6,13H,4-5H2,1H3. The topological polar surface area (TPSA) is 60.1 Å². The number of aromatic nitrogens is 1. The number of nitrogens with zero attached hydrogens (tertiary/aromatic N) is 3. The van der Waals surface area contributed by atoms with Crippen LogP contribution in [-0.4, -0.2) is 30.3 Å². The van der Waals surface area contributed by atoms with E-state index in [0.29, 0.717) is 12.2 Å². The summed E-state index contributed by atoms with van der Waals surface area (Å²) in [6, 6.07) is 5.46. The van der Waals surface area contributed by atoms with Gasteiger partial charge in [0, 0.05) is 25.5 Å². The van der Waals surface area contributed by atoms with E-state index in [1.54, 1.807) is 18.3 Å². The molecule has 68 valence electrons. The van der Waals surface area contributed by atoms with Gasteiger partial charge in [0.05, 0.1) is 6.61 Å². The Kier molecular flexibility index (Phi) is 3.23. The zero-order valence-electron chi connectivity index (χ0n) is 7.44. The summed E-state index contributed by atoms with van der Waals surface area (Å²) < 4.78 is 0. The van der Waals surface area contributed by atoms with Crippen LogP contribution >= 0.6 is 0 Å². The predicted octanol–water partition coefficient (Wildman–Crippen LogP) is 0.382. The van der Waals surface area contributed by atoms with Gasteiger partial charge in [-0.1, -0.05) is 0 Å². The van der Waals surface area contributed by atoms with Crippen molar-refractivity contribution in [2.45, 2.75) is 0 Å². The van der Waals surface area contributed by atoms with Gasteiger partial charge in [-0.15, -0.1) is 0 Å². The van der Waals surface area contributed by atoms with Crippen molar-refractivity contribution in [1.82, 2.24) is 4.98 Å². The summed E-state index contributed by atoms with van der Waals surface area (Å²) in [7, 11) is 1.85. The number of aliphatic hydroxyl groups is 1. The molecule has 0 radical (unpaired) electrons. The van der Waals surface area contributed by atoms with Crippen molar-refractivity contribution < 1.29 is 5.11 Å². The first-order valence-corrected chi connectivity index (χ1v) is 3.96. The molecule has 1 heterocycles. The maximum absolute atomic E-state index is 8.70. The quantitative estimate of drug-likeness (QED) is 0.725. The van der Waals surface area contributed by atoms with Crippen LogP contribution in [0.15, 0.2) is 18.3 Å². The summed E-state index contributed by atoms with van der Waals surface area (Å²) in [5.74, 6) is 0. The molecular formula is C9H11N3O. The lowest BCUT2D eigenvalue weighted by Gasteiger charge is -2.17. The summed E-state index contributed by atoms with van der Waals surface area (Å²) in [6.07, 6.45) is 1.59. The number of likely N-dealkylation sites (N-methyl/N-ethyl adjacent to an activating group) is 1. The van der Waals surface area contributed by atoms with Crippen LogP contribution < -0.4 is 4.90 Å². The Bertz CT molecular complexity index is 319. The smallest absolute Gasteiger partial charge is 0.142 e. The molecule has 0 fully saturated rings. The molecule has 13 heavy (non-hydrogen) atoms. The maximum Gasteiger partial charge on any atom is 0.142 e. The molecule has 1 rings (SSSR count). The fourth-order valence-corrected chi connectivity index (χ4v) is 0.997. The third-order valence-corrected chi connectivity index (χ3v) is 1.73. The summed E-state index contributed by atoms with van der Waals surface area (Å²) in [4.78, 5) is 5.71. The van der Waals surface area contributed by atoms with Crippen LogP contribution in [0.2, 0.25) is 0 Å². The zero-order chi connectivity index (χ0) is 9.68. The van der Waals surface area contributed by atoms with Crippen molar-refractivity contribution in [1.29, 1.82) is 5.26 Å². The van der Waals surface area contributed by atoms with Gasteiger partial charge >= 0.3 is 0 Å². The summed E-state index contributed by atoms with van der Waals surface area (Å²) in [5.41, 5.74) is 1.28. The molecule has 0 atom stereocenters. The van der Waals surface area contributed by atoms with E-state index in [1.807, 2.05) is 18.0 Å². The molecule has 0 saturated heterocycles. The Labute approximate surface area is 77.1 Å². The molecule has 0 spiro atoms. The van der Waals surface area contributed by atoms with Gasteiger partial charge in [-0.25, -0.2) is 4.98 Å². The van der Waals surface area contributed by atoms with Gasteiger partial charge in [0.25, 0.3) is 0 Å². The summed E-state index contributed by atoms with van der Waals surface area (Å²) in [5, 5.41) is 17.3. The molecule has 0 saturated carbocycles. The fraction of sp³-hybridized carbons (Fsp3) is 0.333. The van der Waals surface area contributed by atoms with E-state index in [-0.39, 0.29) is 6.61 Å². The van der Waals surface area contributed by atoms with E-state index in [1.165, 1.54) is 0 Å². The summed E-state index contributed by atoms with van der Waals surface area (Å²) in [6.45, 7) is 0.648. The van der Waals surface area contributed by atoms with Crippen molar-refractivity contribution in [2.75, 3.05) is 25.1 Å². The van der Waals surface area contributed by atoms with Crippen LogP contribution in [0, 0.1) is 11.3 Å². The number of nitriles is 1. The van der Waals surface area contributed by atoms with Gasteiger partial charge in [-0.2, -0.15) is 5.26 Å². The highest BCUT2D eigenvalue weighted by atomic mass is 16.3. The molecule has 0 bridgehead atoms. The Balaban J connectivity index is 2.83. The molecule has 4 heteroatoms. The van der Waals surface area contributed by atoms with Crippen LogP contribution in [0.5, 0.6) is 0 Å². The van der Waals surface area contributed by atoms with Crippen molar-refractivity contribution in [2.24, 2.45) is 0 Å². The molecule has 1 aromatic heterocycles. The minimum absolute atomic E-state index is 0.0979. The number of aliphatic hydroxyl groups excluding tert-OH is 1. The number of anilines is 1. The third-order valence-electron chi connectivity index (χ3n) is 1.73. The van der Waals surface area contributed by atoms with Crippen LogP contribution in [0.3, 0.4) is 0 Å².